The molecule has 2 aromatic carbocycles. The Labute approximate surface area is 186 Å². The minimum absolute atomic E-state index is 0.000707. The van der Waals surface area contributed by atoms with E-state index in [2.05, 4.69) is 10.0 Å². The molecule has 0 aliphatic carbocycles. The second-order valence-corrected chi connectivity index (χ2v) is 9.28. The van der Waals surface area contributed by atoms with E-state index in [1.165, 1.54) is 49.4 Å². The molecule has 0 unspecified atom stereocenters. The molecule has 2 N–H and O–H groups in total. The van der Waals surface area contributed by atoms with Gasteiger partial charge in [0.05, 0.1) is 16.6 Å². The van der Waals surface area contributed by atoms with Crippen LogP contribution in [-0.2, 0) is 24.3 Å². The number of sulfonamides is 1. The molecule has 0 saturated carbocycles. The third-order valence-corrected chi connectivity index (χ3v) is 6.46. The van der Waals surface area contributed by atoms with Crippen LogP contribution >= 0.6 is 0 Å². The first-order chi connectivity index (χ1) is 15.2. The van der Waals surface area contributed by atoms with Crippen molar-refractivity contribution in [3.8, 4) is 0 Å². The third-order valence-electron chi connectivity index (χ3n) is 5.02. The van der Waals surface area contributed by atoms with Crippen LogP contribution in [0.5, 0.6) is 0 Å². The van der Waals surface area contributed by atoms with Gasteiger partial charge < -0.3 is 14.8 Å². The number of halogens is 1. The molecule has 8 nitrogen and oxygen atoms in total. The fourth-order valence-electron chi connectivity index (χ4n) is 3.06. The fourth-order valence-corrected chi connectivity index (χ4v) is 4.12. The van der Waals surface area contributed by atoms with Crippen LogP contribution in [-0.4, -0.2) is 45.7 Å². The zero-order valence-electron chi connectivity index (χ0n) is 17.8. The zero-order chi connectivity index (χ0) is 23.3. The van der Waals surface area contributed by atoms with Crippen molar-refractivity contribution in [3.05, 3.63) is 59.4 Å². The predicted molar refractivity (Wildman–Crippen MR) is 115 cm³/mol. The van der Waals surface area contributed by atoms with E-state index in [1.807, 2.05) is 0 Å². The summed E-state index contributed by atoms with van der Waals surface area (Å²) in [4.78, 5) is 24.6. The van der Waals surface area contributed by atoms with Gasteiger partial charge in [0, 0.05) is 18.8 Å². The lowest BCUT2D eigenvalue weighted by Gasteiger charge is -2.14. The summed E-state index contributed by atoms with van der Waals surface area (Å²) < 4.78 is 51.4. The summed E-state index contributed by atoms with van der Waals surface area (Å²) in [5.74, 6) is -1.88. The Kier molecular flexibility index (Phi) is 7.60. The highest BCUT2D eigenvalue weighted by Crippen LogP contribution is 2.16. The zero-order valence-corrected chi connectivity index (χ0v) is 18.6. The Morgan fingerprint density at radius 3 is 2.56 bits per heavy atom. The van der Waals surface area contributed by atoms with Gasteiger partial charge in [0.1, 0.15) is 5.82 Å². The van der Waals surface area contributed by atoms with Crippen molar-refractivity contribution in [1.29, 1.82) is 0 Å². The molecule has 1 saturated heterocycles. The number of ether oxygens (including phenoxy) is 2. The maximum Gasteiger partial charge on any atom is 0.338 e. The number of hydrogen-bond acceptors (Lipinski definition) is 6. The van der Waals surface area contributed by atoms with Gasteiger partial charge in [-0.05, 0) is 68.7 Å². The maximum absolute atomic E-state index is 13.6. The molecule has 1 fully saturated rings. The largest absolute Gasteiger partial charge is 0.449 e. The molecule has 0 radical (unpaired) electrons. The van der Waals surface area contributed by atoms with Gasteiger partial charge in [0.25, 0.3) is 5.91 Å². The van der Waals surface area contributed by atoms with Crippen LogP contribution < -0.4 is 10.0 Å². The summed E-state index contributed by atoms with van der Waals surface area (Å²) in [7, 11) is -3.74. The lowest BCUT2D eigenvalue weighted by molar-refractivity contribution is -0.123. The van der Waals surface area contributed by atoms with E-state index in [0.717, 1.165) is 12.8 Å². The summed E-state index contributed by atoms with van der Waals surface area (Å²) in [6.45, 7) is 3.79. The van der Waals surface area contributed by atoms with E-state index in [0.29, 0.717) is 12.2 Å². The molecule has 0 bridgehead atoms. The number of benzene rings is 2. The standard InChI is InChI=1S/C22H25FN2O6S/c1-14-5-8-17(12-20(14)23)25-21(26)15(2)31-22(27)16-6-9-19(10-7-16)32(28,29)24-13-18-4-3-11-30-18/h5-10,12,15,18,24H,3-4,11,13H2,1-2H3,(H,25,26)/t15-,18-/m0/s1. The highest BCUT2D eigenvalue weighted by atomic mass is 32.2. The molecule has 10 heteroatoms. The first-order valence-corrected chi connectivity index (χ1v) is 11.6. The summed E-state index contributed by atoms with van der Waals surface area (Å²) in [6, 6.07) is 9.42. The van der Waals surface area contributed by atoms with Crippen molar-refractivity contribution in [2.75, 3.05) is 18.5 Å². The Balaban J connectivity index is 1.56. The maximum atomic E-state index is 13.6. The number of anilines is 1. The minimum atomic E-state index is -3.74. The van der Waals surface area contributed by atoms with Gasteiger partial charge in [0.15, 0.2) is 6.10 Å². The van der Waals surface area contributed by atoms with E-state index >= 15 is 0 Å². The molecule has 1 aliphatic heterocycles. The fraction of sp³-hybridized carbons (Fsp3) is 0.364. The molecule has 0 spiro atoms. The van der Waals surface area contributed by atoms with Crippen LogP contribution in [0.2, 0.25) is 0 Å². The number of esters is 1. The quantitative estimate of drug-likeness (QED) is 0.582. The Morgan fingerprint density at radius 2 is 1.94 bits per heavy atom. The van der Waals surface area contributed by atoms with E-state index in [1.54, 1.807) is 6.92 Å². The van der Waals surface area contributed by atoms with Crippen molar-refractivity contribution in [2.24, 2.45) is 0 Å². The van der Waals surface area contributed by atoms with Gasteiger partial charge in [-0.15, -0.1) is 0 Å². The molecule has 1 heterocycles. The molecule has 1 aliphatic rings. The first kappa shape index (κ1) is 23.8. The van der Waals surface area contributed by atoms with Gasteiger partial charge in [0.2, 0.25) is 10.0 Å². The van der Waals surface area contributed by atoms with Crippen LogP contribution in [0.3, 0.4) is 0 Å². The van der Waals surface area contributed by atoms with E-state index in [9.17, 15) is 22.4 Å². The number of aryl methyl sites for hydroxylation is 1. The molecular formula is C22H25FN2O6S. The molecule has 1 amide bonds. The first-order valence-electron chi connectivity index (χ1n) is 10.1. The smallest absolute Gasteiger partial charge is 0.338 e. The lowest BCUT2D eigenvalue weighted by Crippen LogP contribution is -2.32. The molecule has 32 heavy (non-hydrogen) atoms. The van der Waals surface area contributed by atoms with Crippen molar-refractivity contribution in [3.63, 3.8) is 0 Å². The summed E-state index contributed by atoms with van der Waals surface area (Å²) in [6.07, 6.45) is 0.422. The van der Waals surface area contributed by atoms with Crippen LogP contribution in [0.4, 0.5) is 10.1 Å². The summed E-state index contributed by atoms with van der Waals surface area (Å²) in [5.41, 5.74) is 0.769. The van der Waals surface area contributed by atoms with Crippen LogP contribution in [0.25, 0.3) is 0 Å². The average Bonchev–Trinajstić information content (AvgIpc) is 3.29. The number of carbonyl (C=O) groups is 2. The SMILES string of the molecule is Cc1ccc(NC(=O)[C@H](C)OC(=O)c2ccc(S(=O)(=O)NC[C@@H]3CCCO3)cc2)cc1F. The van der Waals surface area contributed by atoms with E-state index in [-0.39, 0.29) is 28.8 Å². The van der Waals surface area contributed by atoms with Crippen LogP contribution in [0.1, 0.15) is 35.7 Å². The Bertz CT molecular complexity index is 1080. The van der Waals surface area contributed by atoms with Crippen molar-refractivity contribution in [2.45, 2.75) is 43.8 Å². The molecule has 2 aromatic rings. The number of amides is 1. The third kappa shape index (κ3) is 6.12. The molecule has 172 valence electrons. The van der Waals surface area contributed by atoms with Gasteiger partial charge in [-0.1, -0.05) is 6.07 Å². The second-order valence-electron chi connectivity index (χ2n) is 7.51. The Morgan fingerprint density at radius 1 is 1.22 bits per heavy atom. The summed E-state index contributed by atoms with van der Waals surface area (Å²) >= 11 is 0. The van der Waals surface area contributed by atoms with Crippen LogP contribution in [0.15, 0.2) is 47.4 Å². The van der Waals surface area contributed by atoms with Gasteiger partial charge in [-0.2, -0.15) is 0 Å². The number of carbonyl (C=O) groups excluding carboxylic acids is 2. The van der Waals surface area contributed by atoms with Gasteiger partial charge in [-0.3, -0.25) is 4.79 Å². The average molecular weight is 465 g/mol. The highest BCUT2D eigenvalue weighted by Gasteiger charge is 2.22. The minimum Gasteiger partial charge on any atom is -0.449 e. The molecule has 3 rings (SSSR count). The van der Waals surface area contributed by atoms with Crippen LogP contribution in [0, 0.1) is 12.7 Å². The Hall–Kier alpha value is -2.82. The molecule has 2 atom stereocenters. The molecular weight excluding hydrogens is 439 g/mol. The number of nitrogens with one attached hydrogen (secondary N) is 2. The van der Waals surface area contributed by atoms with Gasteiger partial charge >= 0.3 is 5.97 Å². The highest BCUT2D eigenvalue weighted by molar-refractivity contribution is 7.89. The van der Waals surface area contributed by atoms with Gasteiger partial charge in [-0.25, -0.2) is 22.3 Å². The monoisotopic (exact) mass is 464 g/mol. The lowest BCUT2D eigenvalue weighted by atomic mass is 10.2. The number of hydrogen-bond donors (Lipinski definition) is 2. The summed E-state index contributed by atoms with van der Waals surface area (Å²) in [5, 5.41) is 2.48. The second kappa shape index (κ2) is 10.2. The van der Waals surface area contributed by atoms with E-state index < -0.39 is 33.8 Å². The van der Waals surface area contributed by atoms with Crippen molar-refractivity contribution >= 4 is 27.6 Å². The predicted octanol–water partition coefficient (Wildman–Crippen LogP) is 2.78. The normalized spacial score (nSPS) is 17.0. The van der Waals surface area contributed by atoms with Crippen molar-refractivity contribution < 1.29 is 31.9 Å². The number of rotatable bonds is 8. The van der Waals surface area contributed by atoms with Crippen molar-refractivity contribution in [1.82, 2.24) is 4.72 Å². The molecule has 0 aromatic heterocycles. The topological polar surface area (TPSA) is 111 Å². The van der Waals surface area contributed by atoms with E-state index in [4.69, 9.17) is 9.47 Å².